The van der Waals surface area contributed by atoms with Crippen molar-refractivity contribution in [3.63, 3.8) is 0 Å². The molecule has 1 aliphatic rings. The molecule has 2 heteroatoms. The van der Waals surface area contributed by atoms with Crippen molar-refractivity contribution in [1.82, 2.24) is 0 Å². The highest BCUT2D eigenvalue weighted by Gasteiger charge is 2.40. The summed E-state index contributed by atoms with van der Waals surface area (Å²) >= 11 is 0. The summed E-state index contributed by atoms with van der Waals surface area (Å²) in [5.41, 5.74) is 7.78. The Bertz CT molecular complexity index is 369. The first-order valence-corrected chi connectivity index (χ1v) is 6.54. The van der Waals surface area contributed by atoms with E-state index in [2.05, 4.69) is 45.0 Å². The van der Waals surface area contributed by atoms with Crippen molar-refractivity contribution in [2.45, 2.75) is 52.2 Å². The topological polar surface area (TPSA) is 35.2 Å². The van der Waals surface area contributed by atoms with Crippen molar-refractivity contribution < 1.29 is 4.74 Å². The van der Waals surface area contributed by atoms with Crippen LogP contribution in [-0.4, -0.2) is 12.1 Å². The standard InChI is InChI=1S/C15H23NO/c1-4-11-5-7-12(8-6-11)17-13-9-10-15(2,3)14(13)16/h5-8,13-14H,4,9-10,16H2,1-3H3. The van der Waals surface area contributed by atoms with Gasteiger partial charge >= 0.3 is 0 Å². The molecule has 2 nitrogen and oxygen atoms in total. The third-order valence-corrected chi connectivity index (χ3v) is 4.00. The first-order chi connectivity index (χ1) is 8.03. The molecule has 2 N–H and O–H groups in total. The van der Waals surface area contributed by atoms with E-state index in [-0.39, 0.29) is 17.6 Å². The number of hydrogen-bond acceptors (Lipinski definition) is 2. The molecule has 0 amide bonds. The van der Waals surface area contributed by atoms with Crippen molar-refractivity contribution in [3.8, 4) is 5.75 Å². The van der Waals surface area contributed by atoms with E-state index < -0.39 is 0 Å². The van der Waals surface area contributed by atoms with E-state index in [9.17, 15) is 0 Å². The Morgan fingerprint density at radius 1 is 1.29 bits per heavy atom. The lowest BCUT2D eigenvalue weighted by Crippen LogP contribution is -2.42. The molecule has 0 heterocycles. The van der Waals surface area contributed by atoms with Crippen molar-refractivity contribution in [1.29, 1.82) is 0 Å². The average Bonchev–Trinajstić information content (AvgIpc) is 2.57. The normalized spacial score (nSPS) is 27.1. The van der Waals surface area contributed by atoms with E-state index in [1.165, 1.54) is 5.56 Å². The zero-order valence-corrected chi connectivity index (χ0v) is 11.1. The Balaban J connectivity index is 2.01. The van der Waals surface area contributed by atoms with Crippen molar-refractivity contribution in [2.24, 2.45) is 11.1 Å². The molecule has 94 valence electrons. The lowest BCUT2D eigenvalue weighted by molar-refractivity contribution is 0.165. The minimum Gasteiger partial charge on any atom is -0.489 e. The van der Waals surface area contributed by atoms with Gasteiger partial charge in [-0.1, -0.05) is 32.9 Å². The number of ether oxygens (including phenoxy) is 1. The number of nitrogens with two attached hydrogens (primary N) is 1. The summed E-state index contributed by atoms with van der Waals surface area (Å²) in [4.78, 5) is 0. The zero-order chi connectivity index (χ0) is 12.5. The SMILES string of the molecule is CCc1ccc(OC2CCC(C)(C)C2N)cc1. The van der Waals surface area contributed by atoms with Crippen LogP contribution in [0.2, 0.25) is 0 Å². The predicted molar refractivity (Wildman–Crippen MR) is 71.2 cm³/mol. The molecule has 2 rings (SSSR count). The molecule has 1 aromatic carbocycles. The van der Waals surface area contributed by atoms with Gasteiger partial charge in [0.1, 0.15) is 11.9 Å². The number of benzene rings is 1. The minimum atomic E-state index is 0.133. The summed E-state index contributed by atoms with van der Waals surface area (Å²) in [5.74, 6) is 0.945. The highest BCUT2D eigenvalue weighted by molar-refractivity contribution is 5.27. The smallest absolute Gasteiger partial charge is 0.119 e. The fraction of sp³-hybridized carbons (Fsp3) is 0.600. The molecule has 1 aromatic rings. The fourth-order valence-electron chi connectivity index (χ4n) is 2.47. The Hall–Kier alpha value is -1.02. The largest absolute Gasteiger partial charge is 0.489 e. The summed E-state index contributed by atoms with van der Waals surface area (Å²) in [7, 11) is 0. The van der Waals surface area contributed by atoms with E-state index >= 15 is 0 Å². The monoisotopic (exact) mass is 233 g/mol. The second-order valence-electron chi connectivity index (χ2n) is 5.71. The Morgan fingerprint density at radius 3 is 2.41 bits per heavy atom. The molecular formula is C15H23NO. The molecule has 0 aromatic heterocycles. The van der Waals surface area contributed by atoms with Crippen LogP contribution >= 0.6 is 0 Å². The van der Waals surface area contributed by atoms with Gasteiger partial charge in [-0.2, -0.15) is 0 Å². The zero-order valence-electron chi connectivity index (χ0n) is 11.1. The van der Waals surface area contributed by atoms with Crippen LogP contribution < -0.4 is 10.5 Å². The Morgan fingerprint density at radius 2 is 1.94 bits per heavy atom. The minimum absolute atomic E-state index is 0.133. The highest BCUT2D eigenvalue weighted by atomic mass is 16.5. The number of aryl methyl sites for hydroxylation is 1. The first kappa shape index (κ1) is 12.4. The fourth-order valence-corrected chi connectivity index (χ4v) is 2.47. The molecule has 0 radical (unpaired) electrons. The van der Waals surface area contributed by atoms with Crippen LogP contribution in [-0.2, 0) is 6.42 Å². The van der Waals surface area contributed by atoms with Gasteiger partial charge in [0.15, 0.2) is 0 Å². The summed E-state index contributed by atoms with van der Waals surface area (Å²) in [6, 6.07) is 8.49. The lowest BCUT2D eigenvalue weighted by Gasteiger charge is -2.27. The van der Waals surface area contributed by atoms with E-state index in [0.29, 0.717) is 0 Å². The molecule has 0 saturated heterocycles. The first-order valence-electron chi connectivity index (χ1n) is 6.54. The molecule has 2 atom stereocenters. The maximum absolute atomic E-state index is 6.24. The maximum Gasteiger partial charge on any atom is 0.119 e. The molecule has 1 aliphatic carbocycles. The van der Waals surface area contributed by atoms with E-state index in [1.54, 1.807) is 0 Å². The average molecular weight is 233 g/mol. The molecule has 0 bridgehead atoms. The summed E-state index contributed by atoms with van der Waals surface area (Å²) in [5, 5.41) is 0. The molecular weight excluding hydrogens is 210 g/mol. The van der Waals surface area contributed by atoms with Crippen molar-refractivity contribution >= 4 is 0 Å². The van der Waals surface area contributed by atoms with Crippen molar-refractivity contribution in [2.75, 3.05) is 0 Å². The van der Waals surface area contributed by atoms with Crippen LogP contribution in [0, 0.1) is 5.41 Å². The van der Waals surface area contributed by atoms with Crippen LogP contribution in [0.3, 0.4) is 0 Å². The van der Waals surface area contributed by atoms with Gasteiger partial charge in [0.2, 0.25) is 0 Å². The number of hydrogen-bond donors (Lipinski definition) is 1. The maximum atomic E-state index is 6.24. The van der Waals surface area contributed by atoms with Crippen LogP contribution in [0.4, 0.5) is 0 Å². The molecule has 17 heavy (non-hydrogen) atoms. The molecule has 1 saturated carbocycles. The van der Waals surface area contributed by atoms with Gasteiger partial charge in [-0.25, -0.2) is 0 Å². The molecule has 0 spiro atoms. The van der Waals surface area contributed by atoms with Crippen molar-refractivity contribution in [3.05, 3.63) is 29.8 Å². The summed E-state index contributed by atoms with van der Waals surface area (Å²) in [6.45, 7) is 6.60. The third kappa shape index (κ3) is 2.63. The van der Waals surface area contributed by atoms with Crippen LogP contribution in [0.1, 0.15) is 39.2 Å². The van der Waals surface area contributed by atoms with Gasteiger partial charge < -0.3 is 10.5 Å². The van der Waals surface area contributed by atoms with Gasteiger partial charge in [0.05, 0.1) is 0 Å². The van der Waals surface area contributed by atoms with Crippen LogP contribution in [0.15, 0.2) is 24.3 Å². The van der Waals surface area contributed by atoms with E-state index in [4.69, 9.17) is 10.5 Å². The van der Waals surface area contributed by atoms with E-state index in [0.717, 1.165) is 25.0 Å². The van der Waals surface area contributed by atoms with Crippen LogP contribution in [0.25, 0.3) is 0 Å². The third-order valence-electron chi connectivity index (χ3n) is 4.00. The highest BCUT2D eigenvalue weighted by Crippen LogP contribution is 2.38. The summed E-state index contributed by atoms with van der Waals surface area (Å²) < 4.78 is 6.00. The van der Waals surface area contributed by atoms with E-state index in [1.807, 2.05) is 0 Å². The quantitative estimate of drug-likeness (QED) is 0.870. The number of rotatable bonds is 3. The predicted octanol–water partition coefficient (Wildman–Crippen LogP) is 3.14. The second kappa shape index (κ2) is 4.69. The van der Waals surface area contributed by atoms with Gasteiger partial charge in [-0.15, -0.1) is 0 Å². The Kier molecular flexibility index (Phi) is 3.43. The van der Waals surface area contributed by atoms with Gasteiger partial charge in [0.25, 0.3) is 0 Å². The molecule has 0 aliphatic heterocycles. The van der Waals surface area contributed by atoms with Gasteiger partial charge in [-0.05, 0) is 42.4 Å². The van der Waals surface area contributed by atoms with Gasteiger partial charge in [-0.3, -0.25) is 0 Å². The Labute approximate surface area is 104 Å². The molecule has 1 fully saturated rings. The van der Waals surface area contributed by atoms with Crippen LogP contribution in [0.5, 0.6) is 5.75 Å². The lowest BCUT2D eigenvalue weighted by atomic mass is 9.88. The summed E-state index contributed by atoms with van der Waals surface area (Å²) in [6.07, 6.45) is 3.43. The second-order valence-corrected chi connectivity index (χ2v) is 5.71. The van der Waals surface area contributed by atoms with Gasteiger partial charge in [0, 0.05) is 6.04 Å². The molecule has 2 unspecified atom stereocenters.